The third-order valence-electron chi connectivity index (χ3n) is 4.22. The number of nitrogens with zero attached hydrogens (tertiary/aromatic N) is 6. The quantitative estimate of drug-likeness (QED) is 0.649. The summed E-state index contributed by atoms with van der Waals surface area (Å²) in [5.41, 5.74) is 2.24. The predicted molar refractivity (Wildman–Crippen MR) is 104 cm³/mol. The number of carbonyl (C=O) groups excluding carboxylic acids is 2. The Hall–Kier alpha value is -3.14. The molecule has 10 nitrogen and oxygen atoms in total. The topological polar surface area (TPSA) is 112 Å². The summed E-state index contributed by atoms with van der Waals surface area (Å²) in [5.74, 6) is -0.819. The molecule has 0 radical (unpaired) electrons. The summed E-state index contributed by atoms with van der Waals surface area (Å²) in [6.07, 6.45) is 3.28. The molecule has 0 saturated heterocycles. The molecule has 0 aliphatic carbocycles. The van der Waals surface area contributed by atoms with Gasteiger partial charge >= 0.3 is 0 Å². The number of halogens is 1. The van der Waals surface area contributed by atoms with Crippen molar-refractivity contribution < 1.29 is 9.59 Å². The van der Waals surface area contributed by atoms with E-state index in [1.165, 1.54) is 7.05 Å². The minimum absolute atomic E-state index is 0.148. The fourth-order valence-corrected chi connectivity index (χ4v) is 2.79. The Morgan fingerprint density at radius 3 is 2.50 bits per heavy atom. The molecule has 3 rings (SSSR count). The number of aryl methyl sites for hydroxylation is 2. The highest BCUT2D eigenvalue weighted by Gasteiger charge is 2.19. The van der Waals surface area contributed by atoms with Gasteiger partial charge in [0.05, 0.1) is 22.1 Å². The molecule has 148 valence electrons. The van der Waals surface area contributed by atoms with Gasteiger partial charge in [-0.25, -0.2) is 4.68 Å². The zero-order valence-electron chi connectivity index (χ0n) is 16.0. The van der Waals surface area contributed by atoms with Crippen molar-refractivity contribution in [2.24, 2.45) is 0 Å². The summed E-state index contributed by atoms with van der Waals surface area (Å²) in [6.45, 7) is 6.47. The number of carbonyl (C=O) groups is 2. The minimum atomic E-state index is -0.439. The van der Waals surface area contributed by atoms with Crippen LogP contribution in [0.1, 0.15) is 39.3 Å². The molecule has 0 spiro atoms. The molecule has 2 N–H and O–H groups in total. The van der Waals surface area contributed by atoms with E-state index in [4.69, 9.17) is 11.6 Å². The second kappa shape index (κ2) is 7.85. The van der Waals surface area contributed by atoms with E-state index in [1.54, 1.807) is 32.5 Å². The van der Waals surface area contributed by atoms with Crippen LogP contribution in [-0.4, -0.2) is 48.2 Å². The SMILES string of the molecule is CCn1cc(NC(=O)c2ccn(Cn3nc(C)c(Cl)c3C)n2)c(C(=O)NC)n1. The number of nitrogens with one attached hydrogen (secondary N) is 2. The van der Waals surface area contributed by atoms with E-state index < -0.39 is 5.91 Å². The third kappa shape index (κ3) is 3.77. The van der Waals surface area contributed by atoms with Crippen LogP contribution in [0.15, 0.2) is 18.5 Å². The van der Waals surface area contributed by atoms with Gasteiger partial charge in [0.25, 0.3) is 11.8 Å². The fourth-order valence-electron chi connectivity index (χ4n) is 2.66. The molecular weight excluding hydrogens is 384 g/mol. The summed E-state index contributed by atoms with van der Waals surface area (Å²) in [5, 5.41) is 18.6. The molecule has 0 fully saturated rings. The first-order chi connectivity index (χ1) is 13.3. The first-order valence-electron chi connectivity index (χ1n) is 8.67. The van der Waals surface area contributed by atoms with E-state index >= 15 is 0 Å². The average Bonchev–Trinajstić information content (AvgIpc) is 3.37. The molecule has 0 aromatic carbocycles. The molecule has 28 heavy (non-hydrogen) atoms. The van der Waals surface area contributed by atoms with Crippen molar-refractivity contribution in [3.63, 3.8) is 0 Å². The van der Waals surface area contributed by atoms with Crippen LogP contribution >= 0.6 is 11.6 Å². The van der Waals surface area contributed by atoms with Gasteiger partial charge < -0.3 is 10.6 Å². The maximum Gasteiger partial charge on any atom is 0.276 e. The molecule has 0 atom stereocenters. The average molecular weight is 405 g/mol. The first kappa shape index (κ1) is 19.6. The predicted octanol–water partition coefficient (Wildman–Crippen LogP) is 1.68. The number of amides is 2. The van der Waals surface area contributed by atoms with Gasteiger partial charge in [-0.2, -0.15) is 15.3 Å². The van der Waals surface area contributed by atoms with Crippen LogP contribution in [0.2, 0.25) is 5.02 Å². The largest absolute Gasteiger partial charge is 0.354 e. The zero-order chi connectivity index (χ0) is 20.4. The summed E-state index contributed by atoms with van der Waals surface area (Å²) in [6, 6.07) is 1.59. The van der Waals surface area contributed by atoms with E-state index in [1.807, 2.05) is 20.8 Å². The van der Waals surface area contributed by atoms with E-state index in [0.29, 0.717) is 23.9 Å². The molecule has 3 aromatic heterocycles. The summed E-state index contributed by atoms with van der Waals surface area (Å²) < 4.78 is 4.87. The van der Waals surface area contributed by atoms with E-state index in [2.05, 4.69) is 25.9 Å². The van der Waals surface area contributed by atoms with Crippen molar-refractivity contribution in [2.75, 3.05) is 12.4 Å². The van der Waals surface area contributed by atoms with Crippen molar-refractivity contribution in [1.29, 1.82) is 0 Å². The minimum Gasteiger partial charge on any atom is -0.354 e. The van der Waals surface area contributed by atoms with Crippen molar-refractivity contribution in [3.05, 3.63) is 46.3 Å². The Morgan fingerprint density at radius 1 is 1.14 bits per heavy atom. The van der Waals surface area contributed by atoms with Gasteiger partial charge in [-0.3, -0.25) is 19.0 Å². The Labute approximate surface area is 166 Å². The van der Waals surface area contributed by atoms with Gasteiger partial charge in [-0.15, -0.1) is 0 Å². The maximum absolute atomic E-state index is 12.6. The molecule has 3 aromatic rings. The molecule has 0 aliphatic rings. The van der Waals surface area contributed by atoms with Crippen LogP contribution < -0.4 is 10.6 Å². The highest BCUT2D eigenvalue weighted by Crippen LogP contribution is 2.19. The highest BCUT2D eigenvalue weighted by atomic mass is 35.5. The molecule has 0 unspecified atom stereocenters. The van der Waals surface area contributed by atoms with Gasteiger partial charge in [0.15, 0.2) is 11.4 Å². The maximum atomic E-state index is 12.6. The Balaban J connectivity index is 1.77. The lowest BCUT2D eigenvalue weighted by atomic mass is 10.3. The summed E-state index contributed by atoms with van der Waals surface area (Å²) in [4.78, 5) is 24.5. The van der Waals surface area contributed by atoms with E-state index in [-0.39, 0.29) is 17.3 Å². The number of aromatic nitrogens is 6. The number of anilines is 1. The smallest absolute Gasteiger partial charge is 0.276 e. The van der Waals surface area contributed by atoms with E-state index in [0.717, 1.165) is 11.4 Å². The third-order valence-corrected chi connectivity index (χ3v) is 4.77. The van der Waals surface area contributed by atoms with Crippen LogP contribution in [-0.2, 0) is 13.2 Å². The molecular formula is C17H21ClN8O2. The van der Waals surface area contributed by atoms with Crippen LogP contribution in [0.3, 0.4) is 0 Å². The molecule has 0 saturated carbocycles. The van der Waals surface area contributed by atoms with Crippen molar-refractivity contribution >= 4 is 29.1 Å². The Kier molecular flexibility index (Phi) is 5.50. The summed E-state index contributed by atoms with van der Waals surface area (Å²) in [7, 11) is 1.51. The molecule has 11 heteroatoms. The van der Waals surface area contributed by atoms with Crippen LogP contribution in [0.4, 0.5) is 5.69 Å². The van der Waals surface area contributed by atoms with Gasteiger partial charge in [-0.05, 0) is 26.8 Å². The number of hydrogen-bond donors (Lipinski definition) is 2. The van der Waals surface area contributed by atoms with Crippen LogP contribution in [0.25, 0.3) is 0 Å². The molecule has 0 aliphatic heterocycles. The van der Waals surface area contributed by atoms with Crippen molar-refractivity contribution in [3.8, 4) is 0 Å². The van der Waals surface area contributed by atoms with Crippen molar-refractivity contribution in [1.82, 2.24) is 34.7 Å². The van der Waals surface area contributed by atoms with Gasteiger partial charge in [-0.1, -0.05) is 11.6 Å². The highest BCUT2D eigenvalue weighted by molar-refractivity contribution is 6.31. The van der Waals surface area contributed by atoms with E-state index in [9.17, 15) is 9.59 Å². The monoisotopic (exact) mass is 404 g/mol. The van der Waals surface area contributed by atoms with Crippen LogP contribution in [0.5, 0.6) is 0 Å². The fraction of sp³-hybridized carbons (Fsp3) is 0.353. The standard InChI is InChI=1S/C17H21ClN8O2/c1-5-24-8-13(15(23-24)17(28)19-4)20-16(27)12-6-7-25(22-12)9-26-11(3)14(18)10(2)21-26/h6-8H,5,9H2,1-4H3,(H,19,28)(H,20,27). The van der Waals surface area contributed by atoms with Gasteiger partial charge in [0.2, 0.25) is 0 Å². The second-order valence-electron chi connectivity index (χ2n) is 6.15. The zero-order valence-corrected chi connectivity index (χ0v) is 16.8. The summed E-state index contributed by atoms with van der Waals surface area (Å²) >= 11 is 6.16. The first-order valence-corrected chi connectivity index (χ1v) is 9.05. The second-order valence-corrected chi connectivity index (χ2v) is 6.52. The number of rotatable bonds is 6. The molecule has 3 heterocycles. The Bertz CT molecular complexity index is 1030. The van der Waals surface area contributed by atoms with Gasteiger partial charge in [0.1, 0.15) is 6.67 Å². The normalized spacial score (nSPS) is 10.9. The van der Waals surface area contributed by atoms with Gasteiger partial charge in [0, 0.05) is 26.0 Å². The lowest BCUT2D eigenvalue weighted by Crippen LogP contribution is -2.22. The lowest BCUT2D eigenvalue weighted by molar-refractivity contribution is 0.0958. The van der Waals surface area contributed by atoms with Crippen molar-refractivity contribution in [2.45, 2.75) is 34.0 Å². The Morgan fingerprint density at radius 2 is 1.89 bits per heavy atom. The molecule has 0 bridgehead atoms. The molecule has 2 amide bonds. The number of hydrogen-bond acceptors (Lipinski definition) is 5. The lowest BCUT2D eigenvalue weighted by Gasteiger charge is -2.05. The van der Waals surface area contributed by atoms with Crippen LogP contribution in [0, 0.1) is 13.8 Å².